The molecule has 1 aliphatic heterocycles. The van der Waals surface area contributed by atoms with Gasteiger partial charge in [0.1, 0.15) is 0 Å². The average Bonchev–Trinajstić information content (AvgIpc) is 3.31. The molecule has 0 saturated carbocycles. The number of aromatic carboxylic acids is 1. The van der Waals surface area contributed by atoms with E-state index < -0.39 is 5.97 Å². The lowest BCUT2D eigenvalue weighted by molar-refractivity contribution is 0.0697. The molecule has 0 bridgehead atoms. The molecule has 0 spiro atoms. The van der Waals surface area contributed by atoms with Gasteiger partial charge in [0.25, 0.3) is 0 Å². The minimum absolute atomic E-state index is 0.299. The third-order valence-electron chi connectivity index (χ3n) is 4.99. The molecule has 0 radical (unpaired) electrons. The number of carboxylic acids is 1. The molecule has 4 rings (SSSR count). The molecule has 0 amide bonds. The van der Waals surface area contributed by atoms with E-state index in [1.54, 1.807) is 12.1 Å². The van der Waals surface area contributed by atoms with Crippen LogP contribution in [0.15, 0.2) is 53.1 Å². The van der Waals surface area contributed by atoms with Gasteiger partial charge in [-0.05, 0) is 42.6 Å². The summed E-state index contributed by atoms with van der Waals surface area (Å²) in [4.78, 5) is 18.1. The number of hydrogen-bond donors (Lipinski definition) is 1. The summed E-state index contributed by atoms with van der Waals surface area (Å²) < 4.78 is 5.31. The number of hydrogen-bond acceptors (Lipinski definition) is 5. The molecule has 27 heavy (non-hydrogen) atoms. The Hall–Kier alpha value is -2.99. The van der Waals surface area contributed by atoms with E-state index in [4.69, 9.17) is 4.52 Å². The molecule has 138 valence electrons. The molecule has 6 nitrogen and oxygen atoms in total. The molecular formula is C21H21N3O3. The topological polar surface area (TPSA) is 79.5 Å². The summed E-state index contributed by atoms with van der Waals surface area (Å²) >= 11 is 0. The van der Waals surface area contributed by atoms with Crippen LogP contribution in [0.4, 0.5) is 0 Å². The molecule has 1 aromatic heterocycles. The van der Waals surface area contributed by atoms with Crippen LogP contribution in [-0.2, 0) is 6.54 Å². The second-order valence-corrected chi connectivity index (χ2v) is 6.95. The van der Waals surface area contributed by atoms with E-state index in [0.717, 1.165) is 43.1 Å². The van der Waals surface area contributed by atoms with E-state index in [9.17, 15) is 9.90 Å². The predicted octanol–water partition coefficient (Wildman–Crippen LogP) is 3.73. The van der Waals surface area contributed by atoms with Crippen molar-refractivity contribution in [1.29, 1.82) is 0 Å². The third kappa shape index (κ3) is 3.75. The first-order valence-electron chi connectivity index (χ1n) is 9.04. The molecule has 1 fully saturated rings. The van der Waals surface area contributed by atoms with Gasteiger partial charge in [-0.3, -0.25) is 4.90 Å². The van der Waals surface area contributed by atoms with Crippen LogP contribution in [0.5, 0.6) is 0 Å². The minimum atomic E-state index is -0.908. The summed E-state index contributed by atoms with van der Waals surface area (Å²) in [5, 5.41) is 13.2. The molecule has 3 aromatic rings. The highest BCUT2D eigenvalue weighted by Crippen LogP contribution is 2.28. The van der Waals surface area contributed by atoms with Crippen LogP contribution >= 0.6 is 0 Å². The van der Waals surface area contributed by atoms with Crippen molar-refractivity contribution in [1.82, 2.24) is 15.0 Å². The van der Waals surface area contributed by atoms with Crippen LogP contribution in [0.25, 0.3) is 11.1 Å². The third-order valence-corrected chi connectivity index (χ3v) is 4.99. The summed E-state index contributed by atoms with van der Waals surface area (Å²) in [6, 6.07) is 15.2. The highest BCUT2D eigenvalue weighted by molar-refractivity contribution is 5.95. The van der Waals surface area contributed by atoms with E-state index in [1.165, 1.54) is 5.56 Å². The Morgan fingerprint density at radius 1 is 1.22 bits per heavy atom. The Balaban J connectivity index is 1.44. The quantitative estimate of drug-likeness (QED) is 0.744. The van der Waals surface area contributed by atoms with Gasteiger partial charge in [-0.15, -0.1) is 0 Å². The fourth-order valence-corrected chi connectivity index (χ4v) is 3.63. The molecule has 1 saturated heterocycles. The van der Waals surface area contributed by atoms with Crippen molar-refractivity contribution in [3.63, 3.8) is 0 Å². The lowest BCUT2D eigenvalue weighted by atomic mass is 9.98. The normalized spacial score (nSPS) is 17.3. The van der Waals surface area contributed by atoms with Crippen molar-refractivity contribution in [2.45, 2.75) is 25.8 Å². The minimum Gasteiger partial charge on any atom is -0.478 e. The van der Waals surface area contributed by atoms with Crippen LogP contribution in [0, 0.1) is 6.92 Å². The molecule has 0 aliphatic carbocycles. The molecule has 2 aromatic carbocycles. The summed E-state index contributed by atoms with van der Waals surface area (Å²) in [6.45, 7) is 4.59. The monoisotopic (exact) mass is 363 g/mol. The molecule has 1 aliphatic rings. The van der Waals surface area contributed by atoms with Crippen LogP contribution < -0.4 is 0 Å². The zero-order chi connectivity index (χ0) is 18.8. The predicted molar refractivity (Wildman–Crippen MR) is 101 cm³/mol. The van der Waals surface area contributed by atoms with Crippen molar-refractivity contribution < 1.29 is 14.4 Å². The molecule has 2 heterocycles. The van der Waals surface area contributed by atoms with Crippen LogP contribution in [-0.4, -0.2) is 39.2 Å². The fraction of sp³-hybridized carbons (Fsp3) is 0.286. The Bertz CT molecular complexity index is 949. The lowest BCUT2D eigenvalue weighted by Crippen LogP contribution is -2.19. The summed E-state index contributed by atoms with van der Waals surface area (Å²) in [5.41, 5.74) is 3.18. The van der Waals surface area contributed by atoms with Gasteiger partial charge in [-0.25, -0.2) is 4.79 Å². The number of carboxylic acid groups (broad SMARTS) is 1. The van der Waals surface area contributed by atoms with Crippen LogP contribution in [0.1, 0.15) is 40.0 Å². The van der Waals surface area contributed by atoms with E-state index in [2.05, 4.69) is 27.2 Å². The average molecular weight is 363 g/mol. The first kappa shape index (κ1) is 17.4. The number of nitrogens with zero attached hydrogens (tertiary/aromatic N) is 3. The highest BCUT2D eigenvalue weighted by Gasteiger charge is 2.28. The van der Waals surface area contributed by atoms with Crippen molar-refractivity contribution in [3.8, 4) is 11.1 Å². The number of aromatic nitrogens is 2. The number of carbonyl (C=O) groups is 1. The maximum Gasteiger partial charge on any atom is 0.336 e. The molecular weight excluding hydrogens is 342 g/mol. The smallest absolute Gasteiger partial charge is 0.336 e. The van der Waals surface area contributed by atoms with E-state index in [1.807, 2.05) is 31.2 Å². The first-order chi connectivity index (χ1) is 13.1. The fourth-order valence-electron chi connectivity index (χ4n) is 3.63. The number of rotatable bonds is 5. The van der Waals surface area contributed by atoms with Gasteiger partial charge in [0, 0.05) is 13.1 Å². The van der Waals surface area contributed by atoms with Crippen molar-refractivity contribution >= 4 is 5.97 Å². The number of aryl methyl sites for hydroxylation is 1. The number of benzene rings is 2. The zero-order valence-electron chi connectivity index (χ0n) is 15.1. The summed E-state index contributed by atoms with van der Waals surface area (Å²) in [6.07, 6.45) is 1.02. The van der Waals surface area contributed by atoms with E-state index in [0.29, 0.717) is 17.3 Å². The molecule has 1 N–H and O–H groups in total. The van der Waals surface area contributed by atoms with Crippen LogP contribution in [0.3, 0.4) is 0 Å². The number of likely N-dealkylation sites (tertiary alicyclic amines) is 1. The van der Waals surface area contributed by atoms with Gasteiger partial charge < -0.3 is 9.63 Å². The van der Waals surface area contributed by atoms with E-state index >= 15 is 0 Å². The van der Waals surface area contributed by atoms with Crippen LogP contribution in [0.2, 0.25) is 0 Å². The summed E-state index contributed by atoms with van der Waals surface area (Å²) in [7, 11) is 0. The molecule has 0 unspecified atom stereocenters. The maximum atomic E-state index is 11.4. The molecule has 6 heteroatoms. The van der Waals surface area contributed by atoms with Gasteiger partial charge in [0.05, 0.1) is 11.5 Å². The Labute approximate surface area is 157 Å². The summed E-state index contributed by atoms with van der Waals surface area (Å²) in [5.74, 6) is 0.804. The van der Waals surface area contributed by atoms with E-state index in [-0.39, 0.29) is 0 Å². The Morgan fingerprint density at radius 2 is 2.00 bits per heavy atom. The van der Waals surface area contributed by atoms with Gasteiger partial charge in [0.2, 0.25) is 5.89 Å². The van der Waals surface area contributed by atoms with Gasteiger partial charge in [-0.2, -0.15) is 4.98 Å². The standard InChI is InChI=1S/C21H21N3O3/c1-14-22-20(27-23-14)17-10-11-24(13-17)12-15-6-8-16(9-7-15)18-4-2-3-5-19(18)21(25)26/h2-9,17H,10-13H2,1H3,(H,25,26)/t17-/m0/s1. The largest absolute Gasteiger partial charge is 0.478 e. The first-order valence-corrected chi connectivity index (χ1v) is 9.04. The SMILES string of the molecule is Cc1noc([C@H]2CCN(Cc3ccc(-c4ccccc4C(=O)O)cc3)C2)n1. The second kappa shape index (κ2) is 7.32. The Kier molecular flexibility index (Phi) is 4.73. The van der Waals surface area contributed by atoms with Crippen molar-refractivity contribution in [3.05, 3.63) is 71.4 Å². The van der Waals surface area contributed by atoms with Crippen molar-refractivity contribution in [2.24, 2.45) is 0 Å². The Morgan fingerprint density at radius 3 is 2.70 bits per heavy atom. The maximum absolute atomic E-state index is 11.4. The second-order valence-electron chi connectivity index (χ2n) is 6.95. The zero-order valence-corrected chi connectivity index (χ0v) is 15.1. The van der Waals surface area contributed by atoms with Gasteiger partial charge in [-0.1, -0.05) is 47.6 Å². The molecule has 1 atom stereocenters. The highest BCUT2D eigenvalue weighted by atomic mass is 16.5. The van der Waals surface area contributed by atoms with Gasteiger partial charge in [0.15, 0.2) is 5.82 Å². The van der Waals surface area contributed by atoms with Crippen molar-refractivity contribution in [2.75, 3.05) is 13.1 Å². The lowest BCUT2D eigenvalue weighted by Gasteiger charge is -2.15. The van der Waals surface area contributed by atoms with Gasteiger partial charge >= 0.3 is 5.97 Å².